The average molecular weight is 777 g/mol. The van der Waals surface area contributed by atoms with E-state index in [2.05, 4.69) is 9.80 Å². The van der Waals surface area contributed by atoms with Crippen LogP contribution < -0.4 is 0 Å². The molecule has 6 saturated heterocycles. The fourth-order valence-corrected chi connectivity index (χ4v) is 8.03. The summed E-state index contributed by atoms with van der Waals surface area (Å²) in [7, 11) is -4.67. The zero-order valence-electron chi connectivity index (χ0n) is 30.7. The summed E-state index contributed by atoms with van der Waals surface area (Å²) in [6, 6.07) is 39.8. The van der Waals surface area contributed by atoms with Crippen LogP contribution in [-0.4, -0.2) is 102 Å². The van der Waals surface area contributed by atoms with Crippen molar-refractivity contribution in [3.8, 4) is 0 Å². The van der Waals surface area contributed by atoms with Crippen LogP contribution in [0.5, 0.6) is 0 Å². The Morgan fingerprint density at radius 2 is 0.745 bits per heavy atom. The summed E-state index contributed by atoms with van der Waals surface area (Å²) < 4.78 is 43.6. The molecule has 6 fully saturated rings. The number of esters is 2. The number of fused-ring (bicyclic) bond motifs is 6. The van der Waals surface area contributed by atoms with Crippen LogP contribution in [-0.2, 0) is 29.5 Å². The molecular formula is C42H52N2O10S. The molecule has 2 atom stereocenters. The number of nitrogens with zero attached hydrogens (tertiary/aromatic N) is 2. The van der Waals surface area contributed by atoms with Gasteiger partial charge in [0.1, 0.15) is 24.0 Å². The van der Waals surface area contributed by atoms with Crippen molar-refractivity contribution in [1.82, 2.24) is 9.80 Å². The topological polar surface area (TPSA) is 197 Å². The van der Waals surface area contributed by atoms with E-state index in [1.54, 1.807) is 0 Å². The molecular weight excluding hydrogens is 725 g/mol. The van der Waals surface area contributed by atoms with Crippen molar-refractivity contribution in [1.29, 1.82) is 0 Å². The lowest BCUT2D eigenvalue weighted by atomic mass is 9.85. The van der Waals surface area contributed by atoms with Gasteiger partial charge in [0.05, 0.1) is 0 Å². The molecule has 13 heteroatoms. The fraction of sp³-hybridized carbons (Fsp3) is 0.381. The molecule has 0 aromatic heterocycles. The molecule has 0 aliphatic carbocycles. The number of rotatable bonds is 8. The van der Waals surface area contributed by atoms with Gasteiger partial charge in [-0.1, -0.05) is 121 Å². The molecule has 4 bridgehead atoms. The number of piperidine rings is 6. The monoisotopic (exact) mass is 776 g/mol. The van der Waals surface area contributed by atoms with Gasteiger partial charge in [0.2, 0.25) is 0 Å². The van der Waals surface area contributed by atoms with Gasteiger partial charge >= 0.3 is 22.3 Å². The largest absolute Gasteiger partial charge is 0.460 e. The Morgan fingerprint density at radius 1 is 0.509 bits per heavy atom. The van der Waals surface area contributed by atoms with Crippen LogP contribution >= 0.6 is 0 Å². The highest BCUT2D eigenvalue weighted by molar-refractivity contribution is 7.79. The first-order chi connectivity index (χ1) is 25.6. The molecule has 6 aliphatic heterocycles. The van der Waals surface area contributed by atoms with Gasteiger partial charge in [-0.25, -0.2) is 0 Å². The number of carbonyl (C=O) groups excluding carboxylic acids is 2. The minimum Gasteiger partial charge on any atom is -0.460 e. The molecule has 6 heterocycles. The lowest BCUT2D eigenvalue weighted by molar-refractivity contribution is -0.160. The lowest BCUT2D eigenvalue weighted by Gasteiger charge is -2.44. The number of ether oxygens (including phenoxy) is 2. The second-order valence-corrected chi connectivity index (χ2v) is 15.1. The maximum absolute atomic E-state index is 13.0. The maximum atomic E-state index is 13.0. The van der Waals surface area contributed by atoms with Crippen molar-refractivity contribution < 1.29 is 47.5 Å². The Hall–Kier alpha value is -4.47. The van der Waals surface area contributed by atoms with Crippen molar-refractivity contribution in [2.75, 3.05) is 39.3 Å². The number of hydrogen-bond donors (Lipinski definition) is 2. The standard InChI is InChI=1S/2C21H23NO2.H2O4S.2H2O/c2*23-21(24-19-15-22-13-11-16(19)12-14-22)20(17-7-3-1-4-8-17)18-9-5-2-6-10-18;1-5(2,3)4;;/h2*1-10,16,19-20H,11-15H2;(H2,1,2,3,4);2*1H2. The Labute approximate surface area is 323 Å². The van der Waals surface area contributed by atoms with E-state index in [-0.39, 0.29) is 46.9 Å². The summed E-state index contributed by atoms with van der Waals surface area (Å²) in [5.41, 5.74) is 3.98. The number of hydrogen-bond acceptors (Lipinski definition) is 8. The Bertz CT molecular complexity index is 1640. The zero-order valence-corrected chi connectivity index (χ0v) is 31.5. The quantitative estimate of drug-likeness (QED) is 0.188. The Balaban J connectivity index is 0.000000211. The van der Waals surface area contributed by atoms with Crippen LogP contribution in [0.2, 0.25) is 0 Å². The predicted octanol–water partition coefficient (Wildman–Crippen LogP) is 4.61. The molecule has 6 aliphatic rings. The van der Waals surface area contributed by atoms with Crippen LogP contribution in [0.15, 0.2) is 121 Å². The third-order valence-corrected chi connectivity index (χ3v) is 10.7. The third kappa shape index (κ3) is 12.3. The van der Waals surface area contributed by atoms with E-state index in [9.17, 15) is 9.59 Å². The van der Waals surface area contributed by atoms with Crippen molar-refractivity contribution in [3.63, 3.8) is 0 Å². The van der Waals surface area contributed by atoms with Crippen molar-refractivity contribution in [2.24, 2.45) is 11.8 Å². The van der Waals surface area contributed by atoms with Crippen molar-refractivity contribution in [3.05, 3.63) is 144 Å². The first kappa shape index (κ1) is 43.3. The molecule has 10 rings (SSSR count). The second-order valence-electron chi connectivity index (χ2n) is 14.2. The van der Waals surface area contributed by atoms with Crippen molar-refractivity contribution in [2.45, 2.75) is 49.7 Å². The van der Waals surface area contributed by atoms with Crippen LogP contribution in [0.1, 0.15) is 59.8 Å². The first-order valence-electron chi connectivity index (χ1n) is 18.4. The molecule has 0 saturated carbocycles. The smallest absolute Gasteiger partial charge is 0.394 e. The minimum atomic E-state index is -4.67. The van der Waals surface area contributed by atoms with E-state index < -0.39 is 10.4 Å². The van der Waals surface area contributed by atoms with E-state index in [1.165, 1.54) is 0 Å². The first-order valence-corrected chi connectivity index (χ1v) is 19.8. The average Bonchev–Trinajstić information content (AvgIpc) is 3.17. The molecule has 0 spiro atoms. The second kappa shape index (κ2) is 20.4. The molecule has 0 radical (unpaired) electrons. The molecule has 0 amide bonds. The summed E-state index contributed by atoms with van der Waals surface area (Å²) in [6.45, 7) is 6.40. The predicted molar refractivity (Wildman–Crippen MR) is 209 cm³/mol. The van der Waals surface area contributed by atoms with E-state index in [0.717, 1.165) is 87.2 Å². The molecule has 4 aromatic rings. The highest BCUT2D eigenvalue weighted by Gasteiger charge is 2.39. The van der Waals surface area contributed by atoms with Gasteiger partial charge in [-0.05, 0) is 86.0 Å². The number of benzene rings is 4. The zero-order chi connectivity index (χ0) is 37.2. The van der Waals surface area contributed by atoms with Gasteiger partial charge in [0.25, 0.3) is 0 Å². The molecule has 2 unspecified atom stereocenters. The van der Waals surface area contributed by atoms with E-state index in [1.807, 2.05) is 121 Å². The van der Waals surface area contributed by atoms with Gasteiger partial charge in [-0.2, -0.15) is 8.42 Å². The van der Waals surface area contributed by atoms with Crippen molar-refractivity contribution >= 4 is 22.3 Å². The van der Waals surface area contributed by atoms with Gasteiger partial charge in [-0.15, -0.1) is 0 Å². The normalized spacial score (nSPS) is 23.4. The molecule has 12 nitrogen and oxygen atoms in total. The summed E-state index contributed by atoms with van der Waals surface area (Å²) in [6.07, 6.45) is 4.71. The van der Waals surface area contributed by atoms with Gasteiger partial charge in [-0.3, -0.25) is 28.5 Å². The summed E-state index contributed by atoms with van der Waals surface area (Å²) in [4.78, 5) is 30.9. The van der Waals surface area contributed by atoms with E-state index >= 15 is 0 Å². The molecule has 296 valence electrons. The molecule has 4 aromatic carbocycles. The lowest BCUT2D eigenvalue weighted by Crippen LogP contribution is -2.52. The van der Waals surface area contributed by atoms with Gasteiger partial charge < -0.3 is 20.4 Å². The Morgan fingerprint density at radius 3 is 0.945 bits per heavy atom. The van der Waals surface area contributed by atoms with Gasteiger partial charge in [0, 0.05) is 13.1 Å². The maximum Gasteiger partial charge on any atom is 0.394 e. The van der Waals surface area contributed by atoms with E-state index in [4.69, 9.17) is 27.0 Å². The summed E-state index contributed by atoms with van der Waals surface area (Å²) >= 11 is 0. The third-order valence-electron chi connectivity index (χ3n) is 10.7. The van der Waals surface area contributed by atoms with Crippen LogP contribution in [0.4, 0.5) is 0 Å². The van der Waals surface area contributed by atoms with Crippen LogP contribution in [0.3, 0.4) is 0 Å². The highest BCUT2D eigenvalue weighted by Crippen LogP contribution is 2.34. The van der Waals surface area contributed by atoms with Crippen LogP contribution in [0, 0.1) is 11.8 Å². The van der Waals surface area contributed by atoms with E-state index in [0.29, 0.717) is 11.8 Å². The molecule has 6 N–H and O–H groups in total. The SMILES string of the molecule is O.O.O=C(OC1CN2CCC1CC2)C(c1ccccc1)c1ccccc1.O=C(OC1CN2CCC1CC2)C(c1ccccc1)c1ccccc1.O=S(=O)(O)O. The molecule has 55 heavy (non-hydrogen) atoms. The minimum absolute atomic E-state index is 0. The summed E-state index contributed by atoms with van der Waals surface area (Å²) in [5, 5.41) is 0. The summed E-state index contributed by atoms with van der Waals surface area (Å²) in [5.74, 6) is 0.139. The highest BCUT2D eigenvalue weighted by atomic mass is 32.3. The van der Waals surface area contributed by atoms with Crippen LogP contribution in [0.25, 0.3) is 0 Å². The Kier molecular flexibility index (Phi) is 16.1. The fourth-order valence-electron chi connectivity index (χ4n) is 8.03. The number of carbonyl (C=O) groups is 2. The van der Waals surface area contributed by atoms with Gasteiger partial charge in [0.15, 0.2) is 0 Å².